The molecule has 0 spiro atoms. The Kier molecular flexibility index (Phi) is 5.83. The Balaban J connectivity index is 1.80. The maximum Gasteiger partial charge on any atom is 0.257 e. The van der Waals surface area contributed by atoms with E-state index in [4.69, 9.17) is 4.74 Å². The van der Waals surface area contributed by atoms with Crippen LogP contribution in [0.1, 0.15) is 23.2 Å². The van der Waals surface area contributed by atoms with Gasteiger partial charge < -0.3 is 14.5 Å². The van der Waals surface area contributed by atoms with E-state index in [1.54, 1.807) is 6.20 Å². The molecule has 1 aliphatic rings. The van der Waals surface area contributed by atoms with Crippen LogP contribution >= 0.6 is 0 Å². The SMILES string of the molecule is CN(C)CCN(C[C@H]1CCCO1)C(=O)c1cn[nH]c1-c1ccccc1. The number of hydrogen-bond acceptors (Lipinski definition) is 4. The molecule has 1 saturated heterocycles. The predicted octanol–water partition coefficient (Wildman–Crippen LogP) is 2.26. The van der Waals surface area contributed by atoms with E-state index >= 15 is 0 Å². The molecule has 0 unspecified atom stereocenters. The van der Waals surface area contributed by atoms with E-state index in [2.05, 4.69) is 15.1 Å². The van der Waals surface area contributed by atoms with Gasteiger partial charge in [-0.3, -0.25) is 9.89 Å². The van der Waals surface area contributed by atoms with Crippen molar-refractivity contribution in [3.05, 3.63) is 42.1 Å². The first-order chi connectivity index (χ1) is 12.1. The summed E-state index contributed by atoms with van der Waals surface area (Å²) in [7, 11) is 4.03. The summed E-state index contributed by atoms with van der Waals surface area (Å²) >= 11 is 0. The predicted molar refractivity (Wildman–Crippen MR) is 97.5 cm³/mol. The van der Waals surface area contributed by atoms with Crippen molar-refractivity contribution in [2.75, 3.05) is 40.3 Å². The lowest BCUT2D eigenvalue weighted by atomic mass is 10.1. The first kappa shape index (κ1) is 17.6. The number of amides is 1. The molecule has 134 valence electrons. The number of likely N-dealkylation sites (N-methyl/N-ethyl adjacent to an activating group) is 1. The highest BCUT2D eigenvalue weighted by Gasteiger charge is 2.26. The highest BCUT2D eigenvalue weighted by Crippen LogP contribution is 2.23. The lowest BCUT2D eigenvalue weighted by Gasteiger charge is -2.27. The third-order valence-corrected chi connectivity index (χ3v) is 4.48. The number of carbonyl (C=O) groups is 1. The third-order valence-electron chi connectivity index (χ3n) is 4.48. The molecule has 1 aromatic carbocycles. The van der Waals surface area contributed by atoms with Crippen molar-refractivity contribution in [2.45, 2.75) is 18.9 Å². The van der Waals surface area contributed by atoms with Crippen molar-refractivity contribution < 1.29 is 9.53 Å². The second kappa shape index (κ2) is 8.27. The zero-order chi connectivity index (χ0) is 17.6. The van der Waals surface area contributed by atoms with Gasteiger partial charge in [0.05, 0.1) is 23.6 Å². The van der Waals surface area contributed by atoms with Crippen LogP contribution in [0.3, 0.4) is 0 Å². The highest BCUT2D eigenvalue weighted by molar-refractivity contribution is 5.99. The molecule has 1 fully saturated rings. The van der Waals surface area contributed by atoms with Crippen LogP contribution in [-0.2, 0) is 4.74 Å². The summed E-state index contributed by atoms with van der Waals surface area (Å²) in [5, 5.41) is 7.09. The smallest absolute Gasteiger partial charge is 0.257 e. The van der Waals surface area contributed by atoms with Crippen LogP contribution in [-0.4, -0.2) is 72.3 Å². The number of rotatable bonds is 7. The molecule has 6 nitrogen and oxygen atoms in total. The van der Waals surface area contributed by atoms with Crippen molar-refractivity contribution in [3.8, 4) is 11.3 Å². The van der Waals surface area contributed by atoms with Crippen LogP contribution in [0.25, 0.3) is 11.3 Å². The van der Waals surface area contributed by atoms with Gasteiger partial charge in [-0.25, -0.2) is 0 Å². The van der Waals surface area contributed by atoms with Gasteiger partial charge in [0.15, 0.2) is 0 Å². The summed E-state index contributed by atoms with van der Waals surface area (Å²) < 4.78 is 5.74. The van der Waals surface area contributed by atoms with Gasteiger partial charge in [-0.15, -0.1) is 0 Å². The Morgan fingerprint density at radius 1 is 1.28 bits per heavy atom. The van der Waals surface area contributed by atoms with E-state index in [1.807, 2.05) is 49.3 Å². The number of H-pyrrole nitrogens is 1. The quantitative estimate of drug-likeness (QED) is 0.838. The molecule has 0 bridgehead atoms. The fourth-order valence-electron chi connectivity index (χ4n) is 3.07. The zero-order valence-electron chi connectivity index (χ0n) is 14.9. The highest BCUT2D eigenvalue weighted by atomic mass is 16.5. The zero-order valence-corrected chi connectivity index (χ0v) is 14.9. The Hall–Kier alpha value is -2.18. The molecule has 1 aromatic heterocycles. The number of ether oxygens (including phenoxy) is 1. The molecule has 25 heavy (non-hydrogen) atoms. The molecule has 0 radical (unpaired) electrons. The van der Waals surface area contributed by atoms with E-state index in [9.17, 15) is 4.79 Å². The van der Waals surface area contributed by atoms with Crippen LogP contribution in [0, 0.1) is 0 Å². The summed E-state index contributed by atoms with van der Waals surface area (Å²) in [6.07, 6.45) is 3.85. The molecule has 0 aliphatic carbocycles. The van der Waals surface area contributed by atoms with E-state index in [1.165, 1.54) is 0 Å². The first-order valence-corrected chi connectivity index (χ1v) is 8.79. The van der Waals surface area contributed by atoms with E-state index in [0.29, 0.717) is 18.7 Å². The minimum Gasteiger partial charge on any atom is -0.376 e. The maximum absolute atomic E-state index is 13.2. The monoisotopic (exact) mass is 342 g/mol. The molecule has 1 atom stereocenters. The fraction of sp³-hybridized carbons (Fsp3) is 0.474. The van der Waals surface area contributed by atoms with Crippen molar-refractivity contribution in [3.63, 3.8) is 0 Å². The van der Waals surface area contributed by atoms with Crippen LogP contribution in [0.15, 0.2) is 36.5 Å². The second-order valence-electron chi connectivity index (χ2n) is 6.71. The lowest BCUT2D eigenvalue weighted by molar-refractivity contribution is 0.0512. The molecule has 0 saturated carbocycles. The largest absolute Gasteiger partial charge is 0.376 e. The van der Waals surface area contributed by atoms with Crippen molar-refractivity contribution >= 4 is 5.91 Å². The summed E-state index contributed by atoms with van der Waals surface area (Å²) in [5.74, 6) is 0.00459. The van der Waals surface area contributed by atoms with Gasteiger partial charge in [0.2, 0.25) is 0 Å². The van der Waals surface area contributed by atoms with Gasteiger partial charge in [-0.2, -0.15) is 5.10 Å². The van der Waals surface area contributed by atoms with Gasteiger partial charge in [0.1, 0.15) is 0 Å². The average molecular weight is 342 g/mol. The van der Waals surface area contributed by atoms with Crippen molar-refractivity contribution in [1.29, 1.82) is 0 Å². The Morgan fingerprint density at radius 2 is 2.08 bits per heavy atom. The average Bonchev–Trinajstić information content (AvgIpc) is 3.30. The number of carbonyl (C=O) groups excluding carboxylic acids is 1. The molecule has 1 N–H and O–H groups in total. The molecule has 6 heteroatoms. The van der Waals surface area contributed by atoms with Crippen LogP contribution in [0.2, 0.25) is 0 Å². The molecule has 1 amide bonds. The van der Waals surface area contributed by atoms with Gasteiger partial charge in [-0.05, 0) is 26.9 Å². The van der Waals surface area contributed by atoms with Gasteiger partial charge >= 0.3 is 0 Å². The molecule has 2 aromatic rings. The van der Waals surface area contributed by atoms with Crippen molar-refractivity contribution in [2.24, 2.45) is 0 Å². The number of nitrogens with zero attached hydrogens (tertiary/aromatic N) is 3. The fourth-order valence-corrected chi connectivity index (χ4v) is 3.07. The molecular weight excluding hydrogens is 316 g/mol. The Bertz CT molecular complexity index is 678. The maximum atomic E-state index is 13.2. The Labute approximate surface area is 148 Å². The Morgan fingerprint density at radius 3 is 2.76 bits per heavy atom. The first-order valence-electron chi connectivity index (χ1n) is 8.79. The molecule has 3 rings (SSSR count). The number of aromatic amines is 1. The number of aromatic nitrogens is 2. The lowest BCUT2D eigenvalue weighted by Crippen LogP contribution is -2.41. The standard InChI is InChI=1S/C19H26N4O2/c1-22(2)10-11-23(14-16-9-6-12-25-16)19(24)17-13-20-21-18(17)15-7-4-3-5-8-15/h3-5,7-8,13,16H,6,9-12,14H2,1-2H3,(H,20,21)/t16-/m1/s1. The van der Waals surface area contributed by atoms with Gasteiger partial charge in [0, 0.05) is 31.8 Å². The minimum absolute atomic E-state index is 0.00459. The van der Waals surface area contributed by atoms with Gasteiger partial charge in [-0.1, -0.05) is 30.3 Å². The molecule has 2 heterocycles. The second-order valence-corrected chi connectivity index (χ2v) is 6.71. The summed E-state index contributed by atoms with van der Waals surface area (Å²) in [4.78, 5) is 17.2. The van der Waals surface area contributed by atoms with Crippen LogP contribution < -0.4 is 0 Å². The van der Waals surface area contributed by atoms with Gasteiger partial charge in [0.25, 0.3) is 5.91 Å². The number of nitrogens with one attached hydrogen (secondary N) is 1. The number of benzene rings is 1. The van der Waals surface area contributed by atoms with Crippen LogP contribution in [0.4, 0.5) is 0 Å². The van der Waals surface area contributed by atoms with Crippen LogP contribution in [0.5, 0.6) is 0 Å². The minimum atomic E-state index is 0.00459. The summed E-state index contributed by atoms with van der Waals surface area (Å²) in [5.41, 5.74) is 2.35. The van der Waals surface area contributed by atoms with Crippen molar-refractivity contribution in [1.82, 2.24) is 20.0 Å². The van der Waals surface area contributed by atoms with E-state index in [-0.39, 0.29) is 12.0 Å². The molecule has 1 aliphatic heterocycles. The summed E-state index contributed by atoms with van der Waals surface area (Å²) in [6, 6.07) is 9.84. The summed E-state index contributed by atoms with van der Waals surface area (Å²) in [6.45, 7) is 2.91. The third kappa shape index (κ3) is 4.46. The normalized spacial score (nSPS) is 17.2. The van der Waals surface area contributed by atoms with E-state index in [0.717, 1.165) is 37.3 Å². The number of hydrogen-bond donors (Lipinski definition) is 1. The molecular formula is C19H26N4O2. The topological polar surface area (TPSA) is 61.5 Å². The van der Waals surface area contributed by atoms with E-state index < -0.39 is 0 Å².